The van der Waals surface area contributed by atoms with Crippen LogP contribution in [0.3, 0.4) is 0 Å². The van der Waals surface area contributed by atoms with Crippen LogP contribution in [0.2, 0.25) is 0 Å². The van der Waals surface area contributed by atoms with Gasteiger partial charge in [0.2, 0.25) is 0 Å². The number of nitrogen functional groups attached to an aromatic ring is 1. The van der Waals surface area contributed by atoms with Crippen LogP contribution in [0.4, 0.5) is 5.82 Å². The van der Waals surface area contributed by atoms with Crippen molar-refractivity contribution in [2.24, 2.45) is 0 Å². The third kappa shape index (κ3) is 2.80. The van der Waals surface area contributed by atoms with E-state index in [0.29, 0.717) is 11.9 Å². The van der Waals surface area contributed by atoms with Crippen molar-refractivity contribution in [2.45, 2.75) is 6.04 Å². The van der Waals surface area contributed by atoms with Crippen molar-refractivity contribution in [3.63, 3.8) is 0 Å². The normalized spacial score (nSPS) is 14.2. The molecule has 4 aromatic rings. The summed E-state index contributed by atoms with van der Waals surface area (Å²) in [5, 5.41) is 9.07. The molecule has 0 spiro atoms. The molecular weight excluding hydrogens is 338 g/mol. The van der Waals surface area contributed by atoms with E-state index >= 15 is 0 Å². The third-order valence-electron chi connectivity index (χ3n) is 4.86. The second-order valence-electron chi connectivity index (χ2n) is 6.64. The molecule has 0 radical (unpaired) electrons. The van der Waals surface area contributed by atoms with Gasteiger partial charge >= 0.3 is 0 Å². The molecule has 3 N–H and O–H groups in total. The predicted octanol–water partition coefficient (Wildman–Crippen LogP) is 3.62. The van der Waals surface area contributed by atoms with Crippen molar-refractivity contribution < 1.29 is 4.74 Å². The summed E-state index contributed by atoms with van der Waals surface area (Å²) in [6.45, 7) is 1.84. The smallest absolute Gasteiger partial charge is 0.135 e. The van der Waals surface area contributed by atoms with Gasteiger partial charge in [-0.2, -0.15) is 5.10 Å². The lowest BCUT2D eigenvalue weighted by Crippen LogP contribution is -2.43. The third-order valence-corrected chi connectivity index (χ3v) is 4.86. The molecule has 2 aromatic carbocycles. The Bertz CT molecular complexity index is 1080. The molecule has 27 heavy (non-hydrogen) atoms. The fourth-order valence-corrected chi connectivity index (χ4v) is 3.34. The number of pyridine rings is 1. The van der Waals surface area contributed by atoms with E-state index in [1.54, 1.807) is 6.20 Å². The summed E-state index contributed by atoms with van der Waals surface area (Å²) in [6.07, 6.45) is 1.74. The molecule has 0 unspecified atom stereocenters. The minimum atomic E-state index is 0.351. The highest BCUT2D eigenvalue weighted by Crippen LogP contribution is 2.34. The van der Waals surface area contributed by atoms with Gasteiger partial charge in [0.1, 0.15) is 23.0 Å². The van der Waals surface area contributed by atoms with E-state index in [-0.39, 0.29) is 0 Å². The largest absolute Gasteiger partial charge is 0.457 e. The lowest BCUT2D eigenvalue weighted by atomic mass is 10.1. The lowest BCUT2D eigenvalue weighted by Gasteiger charge is -2.27. The maximum absolute atomic E-state index is 6.19. The number of rotatable bonds is 4. The van der Waals surface area contributed by atoms with Crippen LogP contribution in [-0.4, -0.2) is 27.9 Å². The van der Waals surface area contributed by atoms with E-state index in [2.05, 4.69) is 15.0 Å². The van der Waals surface area contributed by atoms with Crippen LogP contribution in [0, 0.1) is 0 Å². The molecule has 5 rings (SSSR count). The molecular formula is C21H19N5O. The van der Waals surface area contributed by atoms with Gasteiger partial charge in [0, 0.05) is 24.8 Å². The van der Waals surface area contributed by atoms with Gasteiger partial charge in [0.25, 0.3) is 0 Å². The Hall–Kier alpha value is -3.38. The Balaban J connectivity index is 1.53. The molecule has 1 aliphatic heterocycles. The van der Waals surface area contributed by atoms with Crippen molar-refractivity contribution in [1.29, 1.82) is 0 Å². The molecule has 6 heteroatoms. The minimum Gasteiger partial charge on any atom is -0.457 e. The molecule has 0 bridgehead atoms. The zero-order valence-electron chi connectivity index (χ0n) is 14.7. The molecule has 0 amide bonds. The predicted molar refractivity (Wildman–Crippen MR) is 106 cm³/mol. The van der Waals surface area contributed by atoms with Crippen LogP contribution in [0.1, 0.15) is 6.04 Å². The molecule has 1 aliphatic rings. The van der Waals surface area contributed by atoms with Crippen LogP contribution in [0.15, 0.2) is 66.9 Å². The summed E-state index contributed by atoms with van der Waals surface area (Å²) in [5.41, 5.74) is 9.06. The van der Waals surface area contributed by atoms with Crippen LogP contribution >= 0.6 is 0 Å². The Labute approximate surface area is 156 Å². The molecule has 1 fully saturated rings. The molecule has 134 valence electrons. The number of nitrogens with one attached hydrogen (secondary N) is 1. The second kappa shape index (κ2) is 6.41. The first-order valence-electron chi connectivity index (χ1n) is 8.96. The average Bonchev–Trinajstić information content (AvgIpc) is 3.03. The summed E-state index contributed by atoms with van der Waals surface area (Å²) in [4.78, 5) is 4.27. The highest BCUT2D eigenvalue weighted by atomic mass is 16.5. The van der Waals surface area contributed by atoms with E-state index in [9.17, 15) is 0 Å². The summed E-state index contributed by atoms with van der Waals surface area (Å²) in [7, 11) is 0. The van der Waals surface area contributed by atoms with Crippen molar-refractivity contribution in [3.05, 3.63) is 66.9 Å². The first kappa shape index (κ1) is 15.8. The van der Waals surface area contributed by atoms with E-state index in [0.717, 1.165) is 46.7 Å². The molecule has 0 saturated carbocycles. The van der Waals surface area contributed by atoms with Crippen LogP contribution in [0.25, 0.3) is 22.2 Å². The minimum absolute atomic E-state index is 0.351. The van der Waals surface area contributed by atoms with Gasteiger partial charge in [-0.3, -0.25) is 4.68 Å². The van der Waals surface area contributed by atoms with Crippen molar-refractivity contribution >= 4 is 16.7 Å². The van der Waals surface area contributed by atoms with E-state index in [1.165, 1.54) is 0 Å². The SMILES string of the molecule is Nc1nccc2c1c(-c1ccc(Oc3ccccc3)cc1)nn2C1CNC1. The van der Waals surface area contributed by atoms with Crippen molar-refractivity contribution in [3.8, 4) is 22.8 Å². The number of nitrogens with two attached hydrogens (primary N) is 1. The Kier molecular flexibility index (Phi) is 3.76. The molecule has 0 atom stereocenters. The van der Waals surface area contributed by atoms with Crippen molar-refractivity contribution in [2.75, 3.05) is 18.8 Å². The summed E-state index contributed by atoms with van der Waals surface area (Å²) in [6, 6.07) is 20.0. The van der Waals surface area contributed by atoms with Gasteiger partial charge < -0.3 is 15.8 Å². The Morgan fingerprint density at radius 2 is 1.70 bits per heavy atom. The van der Waals surface area contributed by atoms with Gasteiger partial charge in [0.15, 0.2) is 0 Å². The molecule has 6 nitrogen and oxygen atoms in total. The number of benzene rings is 2. The standard InChI is InChI=1S/C21H19N5O/c22-21-19-18(10-11-24-21)26(15-12-23-13-15)25-20(19)14-6-8-17(9-7-14)27-16-4-2-1-3-5-16/h1-11,15,23H,12-13H2,(H2,22,24). The van der Waals surface area contributed by atoms with Gasteiger partial charge in [-0.25, -0.2) is 4.98 Å². The van der Waals surface area contributed by atoms with Crippen LogP contribution in [-0.2, 0) is 0 Å². The van der Waals surface area contributed by atoms with Gasteiger partial charge in [-0.05, 0) is 42.5 Å². The quantitative estimate of drug-likeness (QED) is 0.583. The van der Waals surface area contributed by atoms with Gasteiger partial charge in [-0.15, -0.1) is 0 Å². The molecule has 1 saturated heterocycles. The zero-order chi connectivity index (χ0) is 18.2. The lowest BCUT2D eigenvalue weighted by molar-refractivity contribution is 0.327. The monoisotopic (exact) mass is 357 g/mol. The average molecular weight is 357 g/mol. The first-order chi connectivity index (χ1) is 13.3. The first-order valence-corrected chi connectivity index (χ1v) is 8.96. The number of hydrogen-bond donors (Lipinski definition) is 2. The highest BCUT2D eigenvalue weighted by Gasteiger charge is 2.24. The fraction of sp³-hybridized carbons (Fsp3) is 0.143. The number of anilines is 1. The molecule has 3 heterocycles. The number of hydrogen-bond acceptors (Lipinski definition) is 5. The fourth-order valence-electron chi connectivity index (χ4n) is 3.34. The number of fused-ring (bicyclic) bond motifs is 1. The molecule has 0 aliphatic carbocycles. The highest BCUT2D eigenvalue weighted by molar-refractivity contribution is 6.00. The molecule has 2 aromatic heterocycles. The van der Waals surface area contributed by atoms with Crippen LogP contribution < -0.4 is 15.8 Å². The van der Waals surface area contributed by atoms with E-state index < -0.39 is 0 Å². The maximum atomic E-state index is 6.19. The zero-order valence-corrected chi connectivity index (χ0v) is 14.7. The Morgan fingerprint density at radius 1 is 0.963 bits per heavy atom. The number of aromatic nitrogens is 3. The number of nitrogens with zero attached hydrogens (tertiary/aromatic N) is 3. The van der Waals surface area contributed by atoms with Gasteiger partial charge in [-0.1, -0.05) is 18.2 Å². The number of para-hydroxylation sites is 1. The van der Waals surface area contributed by atoms with Gasteiger partial charge in [0.05, 0.1) is 16.9 Å². The summed E-state index contributed by atoms with van der Waals surface area (Å²) < 4.78 is 7.94. The topological polar surface area (TPSA) is 78.0 Å². The Morgan fingerprint density at radius 3 is 2.41 bits per heavy atom. The summed E-state index contributed by atoms with van der Waals surface area (Å²) >= 11 is 0. The van der Waals surface area contributed by atoms with Crippen LogP contribution in [0.5, 0.6) is 11.5 Å². The summed E-state index contributed by atoms with van der Waals surface area (Å²) in [5.74, 6) is 2.10. The van der Waals surface area contributed by atoms with E-state index in [1.807, 2.05) is 60.7 Å². The van der Waals surface area contributed by atoms with E-state index in [4.69, 9.17) is 15.6 Å². The maximum Gasteiger partial charge on any atom is 0.135 e. The van der Waals surface area contributed by atoms with Crippen molar-refractivity contribution in [1.82, 2.24) is 20.1 Å². The second-order valence-corrected chi connectivity index (χ2v) is 6.64. The number of ether oxygens (including phenoxy) is 1.